The van der Waals surface area contributed by atoms with E-state index in [-0.39, 0.29) is 0 Å². The van der Waals surface area contributed by atoms with E-state index in [0.29, 0.717) is 0 Å². The molecule has 11 heavy (non-hydrogen) atoms. The summed E-state index contributed by atoms with van der Waals surface area (Å²) in [5.74, 6) is 0. The van der Waals surface area contributed by atoms with E-state index in [9.17, 15) is 0 Å². The predicted molar refractivity (Wildman–Crippen MR) is 50.0 cm³/mol. The maximum atomic E-state index is 3.44. The molecule has 0 fully saturated rings. The fraction of sp³-hybridized carbons (Fsp3) is 0.111. The fourth-order valence-corrected chi connectivity index (χ4v) is 1.58. The van der Waals surface area contributed by atoms with Crippen LogP contribution in [-0.2, 0) is 6.54 Å². The first-order valence-electron chi connectivity index (χ1n) is 3.54. The van der Waals surface area contributed by atoms with Crippen molar-refractivity contribution in [2.75, 3.05) is 0 Å². The number of nitrogens with one attached hydrogen (secondary N) is 1. The quantitative estimate of drug-likeness (QED) is 0.693. The van der Waals surface area contributed by atoms with Crippen molar-refractivity contribution < 1.29 is 0 Å². The predicted octanol–water partition coefficient (Wildman–Crippen LogP) is 2.52. The van der Waals surface area contributed by atoms with Gasteiger partial charge in [-0.25, -0.2) is 0 Å². The third kappa shape index (κ3) is 1.31. The standard InChI is InChI=1S/C9H8BrN/c10-9-2-1-8-6-11-4-3-7(8)5-9/h1-5,11H,6H2. The van der Waals surface area contributed by atoms with Crippen LogP contribution in [0, 0.1) is 0 Å². The lowest BCUT2D eigenvalue weighted by Gasteiger charge is -2.11. The molecule has 0 saturated heterocycles. The zero-order chi connectivity index (χ0) is 7.68. The van der Waals surface area contributed by atoms with Crippen molar-refractivity contribution in [2.24, 2.45) is 0 Å². The number of hydrogen-bond acceptors (Lipinski definition) is 1. The molecule has 2 rings (SSSR count). The summed E-state index contributed by atoms with van der Waals surface area (Å²) in [6.45, 7) is 0.944. The van der Waals surface area contributed by atoms with Gasteiger partial charge >= 0.3 is 0 Å². The molecular weight excluding hydrogens is 202 g/mol. The lowest BCUT2D eigenvalue weighted by atomic mass is 10.1. The van der Waals surface area contributed by atoms with Crippen molar-refractivity contribution in [3.05, 3.63) is 40.0 Å². The van der Waals surface area contributed by atoms with Gasteiger partial charge in [0.15, 0.2) is 0 Å². The second kappa shape index (κ2) is 2.70. The second-order valence-electron chi connectivity index (χ2n) is 2.56. The average Bonchev–Trinajstić information content (AvgIpc) is 2.04. The van der Waals surface area contributed by atoms with Gasteiger partial charge in [-0.05, 0) is 35.5 Å². The second-order valence-corrected chi connectivity index (χ2v) is 3.47. The van der Waals surface area contributed by atoms with Crippen molar-refractivity contribution >= 4 is 22.0 Å². The summed E-state index contributed by atoms with van der Waals surface area (Å²) in [7, 11) is 0. The smallest absolute Gasteiger partial charge is 0.0401 e. The van der Waals surface area contributed by atoms with Gasteiger partial charge in [0.1, 0.15) is 0 Å². The van der Waals surface area contributed by atoms with E-state index >= 15 is 0 Å². The van der Waals surface area contributed by atoms with Gasteiger partial charge in [-0.3, -0.25) is 0 Å². The number of halogens is 1. The van der Waals surface area contributed by atoms with Crippen LogP contribution in [0.25, 0.3) is 6.08 Å². The van der Waals surface area contributed by atoms with E-state index in [1.165, 1.54) is 11.1 Å². The Morgan fingerprint density at radius 1 is 1.36 bits per heavy atom. The highest BCUT2D eigenvalue weighted by Crippen LogP contribution is 2.19. The minimum atomic E-state index is 0.944. The minimum absolute atomic E-state index is 0.944. The molecule has 0 aliphatic carbocycles. The van der Waals surface area contributed by atoms with Crippen LogP contribution in [-0.4, -0.2) is 0 Å². The Balaban J connectivity index is 2.54. The molecule has 1 heterocycles. The summed E-state index contributed by atoms with van der Waals surface area (Å²) < 4.78 is 1.14. The van der Waals surface area contributed by atoms with E-state index in [4.69, 9.17) is 0 Å². The van der Waals surface area contributed by atoms with Crippen LogP contribution in [0.2, 0.25) is 0 Å². The van der Waals surface area contributed by atoms with Crippen LogP contribution in [0.4, 0.5) is 0 Å². The van der Waals surface area contributed by atoms with Crippen LogP contribution in [0.3, 0.4) is 0 Å². The molecule has 1 nitrogen and oxygen atoms in total. The van der Waals surface area contributed by atoms with E-state index in [0.717, 1.165) is 11.0 Å². The Labute approximate surface area is 74.2 Å². The highest BCUT2D eigenvalue weighted by atomic mass is 79.9. The number of rotatable bonds is 0. The lowest BCUT2D eigenvalue weighted by Crippen LogP contribution is -2.09. The molecule has 0 unspecified atom stereocenters. The van der Waals surface area contributed by atoms with Gasteiger partial charge in [0, 0.05) is 11.0 Å². The van der Waals surface area contributed by atoms with Gasteiger partial charge in [-0.15, -0.1) is 0 Å². The SMILES string of the molecule is Brc1ccc2c(c1)C=CNC2. The maximum Gasteiger partial charge on any atom is 0.0401 e. The summed E-state index contributed by atoms with van der Waals surface area (Å²) in [4.78, 5) is 0. The highest BCUT2D eigenvalue weighted by molar-refractivity contribution is 9.10. The molecule has 0 radical (unpaired) electrons. The average molecular weight is 210 g/mol. The molecule has 0 aromatic heterocycles. The van der Waals surface area contributed by atoms with Crippen molar-refractivity contribution in [2.45, 2.75) is 6.54 Å². The molecule has 0 amide bonds. The monoisotopic (exact) mass is 209 g/mol. The number of hydrogen-bond donors (Lipinski definition) is 1. The van der Waals surface area contributed by atoms with Gasteiger partial charge in [0.25, 0.3) is 0 Å². The molecule has 2 heteroatoms. The van der Waals surface area contributed by atoms with Crippen LogP contribution in [0.5, 0.6) is 0 Å². The van der Waals surface area contributed by atoms with E-state index in [1.807, 2.05) is 6.20 Å². The molecule has 1 aliphatic rings. The van der Waals surface area contributed by atoms with Crippen LogP contribution in [0.1, 0.15) is 11.1 Å². The molecule has 1 aromatic carbocycles. The third-order valence-electron chi connectivity index (χ3n) is 1.78. The van der Waals surface area contributed by atoms with Gasteiger partial charge in [0.05, 0.1) is 0 Å². The molecule has 0 atom stereocenters. The fourth-order valence-electron chi connectivity index (χ4n) is 1.20. The zero-order valence-electron chi connectivity index (χ0n) is 5.97. The van der Waals surface area contributed by atoms with Crippen LogP contribution >= 0.6 is 15.9 Å². The summed E-state index contributed by atoms with van der Waals surface area (Å²) in [6.07, 6.45) is 4.07. The van der Waals surface area contributed by atoms with Crippen molar-refractivity contribution in [3.8, 4) is 0 Å². The maximum absolute atomic E-state index is 3.44. The first-order valence-corrected chi connectivity index (χ1v) is 4.34. The highest BCUT2D eigenvalue weighted by Gasteiger charge is 2.02. The Bertz CT molecular complexity index is 304. The van der Waals surface area contributed by atoms with E-state index < -0.39 is 0 Å². The van der Waals surface area contributed by atoms with Gasteiger partial charge in [0.2, 0.25) is 0 Å². The summed E-state index contributed by atoms with van der Waals surface area (Å²) >= 11 is 3.44. The first kappa shape index (κ1) is 6.92. The normalized spacial score (nSPS) is 13.9. The number of fused-ring (bicyclic) bond motifs is 1. The van der Waals surface area contributed by atoms with E-state index in [2.05, 4.69) is 45.5 Å². The molecular formula is C9H8BrN. The molecule has 0 saturated carbocycles. The molecule has 1 aromatic rings. The molecule has 0 bridgehead atoms. The molecule has 1 N–H and O–H groups in total. The minimum Gasteiger partial charge on any atom is -0.387 e. The largest absolute Gasteiger partial charge is 0.387 e. The summed E-state index contributed by atoms with van der Waals surface area (Å²) in [5.41, 5.74) is 2.66. The van der Waals surface area contributed by atoms with Gasteiger partial charge < -0.3 is 5.32 Å². The van der Waals surface area contributed by atoms with Crippen LogP contribution in [0.15, 0.2) is 28.9 Å². The Morgan fingerprint density at radius 2 is 2.27 bits per heavy atom. The zero-order valence-corrected chi connectivity index (χ0v) is 7.56. The molecule has 56 valence electrons. The van der Waals surface area contributed by atoms with Gasteiger partial charge in [-0.1, -0.05) is 22.0 Å². The Hall–Kier alpha value is -0.760. The Morgan fingerprint density at radius 3 is 3.18 bits per heavy atom. The molecule has 1 aliphatic heterocycles. The van der Waals surface area contributed by atoms with Crippen LogP contribution < -0.4 is 5.32 Å². The topological polar surface area (TPSA) is 12.0 Å². The molecule has 0 spiro atoms. The Kier molecular flexibility index (Phi) is 1.70. The van der Waals surface area contributed by atoms with E-state index in [1.54, 1.807) is 0 Å². The third-order valence-corrected chi connectivity index (χ3v) is 2.27. The lowest BCUT2D eigenvalue weighted by molar-refractivity contribution is 0.858. The van der Waals surface area contributed by atoms with Crippen molar-refractivity contribution in [3.63, 3.8) is 0 Å². The van der Waals surface area contributed by atoms with Gasteiger partial charge in [-0.2, -0.15) is 0 Å². The first-order chi connectivity index (χ1) is 5.36. The summed E-state index contributed by atoms with van der Waals surface area (Å²) in [6, 6.07) is 6.34. The van der Waals surface area contributed by atoms with Crippen molar-refractivity contribution in [1.29, 1.82) is 0 Å². The summed E-state index contributed by atoms with van der Waals surface area (Å²) in [5, 5.41) is 3.16. The van der Waals surface area contributed by atoms with Crippen molar-refractivity contribution in [1.82, 2.24) is 5.32 Å². The number of benzene rings is 1.